The maximum atomic E-state index is 11.1. The molecule has 1 rings (SSSR count). The Bertz CT molecular complexity index is 301. The van der Waals surface area contributed by atoms with Crippen molar-refractivity contribution in [1.29, 1.82) is 0 Å². The average molecular weight is 215 g/mol. The topological polar surface area (TPSA) is 67.9 Å². The van der Waals surface area contributed by atoms with E-state index in [2.05, 4.69) is 15.2 Å². The van der Waals surface area contributed by atoms with Crippen molar-refractivity contribution in [2.45, 2.75) is 25.4 Å². The number of hydrogen-bond donors (Lipinski definition) is 1. The lowest BCUT2D eigenvalue weighted by atomic mass is 10.5. The molecule has 0 unspecified atom stereocenters. The number of aromatic nitrogens is 3. The van der Waals surface area contributed by atoms with Gasteiger partial charge < -0.3 is 4.74 Å². The lowest BCUT2D eigenvalue weighted by Gasteiger charge is -2.00. The molecular weight excluding hydrogens is 202 g/mol. The van der Waals surface area contributed by atoms with E-state index in [-0.39, 0.29) is 11.7 Å². The van der Waals surface area contributed by atoms with Gasteiger partial charge in [0.25, 0.3) is 0 Å². The third kappa shape index (κ3) is 3.78. The predicted octanol–water partition coefficient (Wildman–Crippen LogP) is 1.16. The van der Waals surface area contributed by atoms with E-state index in [4.69, 9.17) is 4.74 Å². The number of aromatic amines is 1. The average Bonchev–Trinajstić information content (AvgIpc) is 2.58. The summed E-state index contributed by atoms with van der Waals surface area (Å²) < 4.78 is 4.89. The van der Waals surface area contributed by atoms with E-state index in [1.54, 1.807) is 0 Å². The van der Waals surface area contributed by atoms with Gasteiger partial charge in [-0.1, -0.05) is 18.7 Å². The molecule has 1 aromatic heterocycles. The molecule has 1 aromatic rings. The Morgan fingerprint density at radius 1 is 1.64 bits per heavy atom. The first-order valence-corrected chi connectivity index (χ1v) is 5.38. The molecule has 1 heterocycles. The number of aryl methyl sites for hydroxylation is 1. The van der Waals surface area contributed by atoms with E-state index < -0.39 is 0 Å². The molecular formula is C8H13N3O2S. The number of hydrogen-bond acceptors (Lipinski definition) is 5. The normalized spacial score (nSPS) is 10.1. The summed E-state index contributed by atoms with van der Waals surface area (Å²) in [5, 5.41) is 7.17. The van der Waals surface area contributed by atoms with E-state index in [0.717, 1.165) is 12.2 Å². The van der Waals surface area contributed by atoms with Crippen LogP contribution in [0.5, 0.6) is 0 Å². The summed E-state index contributed by atoms with van der Waals surface area (Å²) in [5.41, 5.74) is 0. The minimum atomic E-state index is -0.223. The number of thioether (sulfide) groups is 1. The molecule has 5 nitrogen and oxygen atoms in total. The van der Waals surface area contributed by atoms with Gasteiger partial charge in [0.1, 0.15) is 5.82 Å². The second-order valence-corrected chi connectivity index (χ2v) is 3.66. The SMILES string of the molecule is CCCOC(=O)CSc1n[nH]c(C)n1. The molecule has 0 aliphatic carbocycles. The fourth-order valence-corrected chi connectivity index (χ4v) is 1.41. The summed E-state index contributed by atoms with van der Waals surface area (Å²) in [6.07, 6.45) is 0.843. The summed E-state index contributed by atoms with van der Waals surface area (Å²) >= 11 is 1.27. The van der Waals surface area contributed by atoms with Gasteiger partial charge in [0.2, 0.25) is 5.16 Å². The van der Waals surface area contributed by atoms with Crippen LogP contribution < -0.4 is 0 Å². The van der Waals surface area contributed by atoms with Crippen LogP contribution in [0.3, 0.4) is 0 Å². The number of carbonyl (C=O) groups excluding carboxylic acids is 1. The molecule has 0 saturated heterocycles. The molecule has 1 N–H and O–H groups in total. The number of carbonyl (C=O) groups is 1. The summed E-state index contributed by atoms with van der Waals surface area (Å²) in [7, 11) is 0. The highest BCUT2D eigenvalue weighted by molar-refractivity contribution is 7.99. The van der Waals surface area contributed by atoms with Crippen molar-refractivity contribution in [3.8, 4) is 0 Å². The van der Waals surface area contributed by atoms with Gasteiger partial charge in [-0.25, -0.2) is 4.98 Å². The maximum Gasteiger partial charge on any atom is 0.316 e. The number of rotatable bonds is 5. The van der Waals surface area contributed by atoms with Gasteiger partial charge in [-0.05, 0) is 13.3 Å². The molecule has 0 bridgehead atoms. The monoisotopic (exact) mass is 215 g/mol. The minimum Gasteiger partial charge on any atom is -0.465 e. The zero-order valence-electron chi connectivity index (χ0n) is 8.24. The van der Waals surface area contributed by atoms with Crippen LogP contribution in [-0.2, 0) is 9.53 Å². The zero-order chi connectivity index (χ0) is 10.4. The molecule has 0 radical (unpaired) electrons. The number of ether oxygens (including phenoxy) is 1. The van der Waals surface area contributed by atoms with Crippen molar-refractivity contribution in [2.75, 3.05) is 12.4 Å². The van der Waals surface area contributed by atoms with Gasteiger partial charge in [-0.15, -0.1) is 5.10 Å². The van der Waals surface area contributed by atoms with Crippen LogP contribution in [0.25, 0.3) is 0 Å². The van der Waals surface area contributed by atoms with Crippen molar-refractivity contribution in [2.24, 2.45) is 0 Å². The number of nitrogens with one attached hydrogen (secondary N) is 1. The lowest BCUT2D eigenvalue weighted by molar-refractivity contribution is -0.140. The second kappa shape index (κ2) is 5.64. The second-order valence-electron chi connectivity index (χ2n) is 2.71. The molecule has 0 saturated carbocycles. The lowest BCUT2D eigenvalue weighted by Crippen LogP contribution is -2.07. The smallest absolute Gasteiger partial charge is 0.316 e. The Hall–Kier alpha value is -1.04. The highest BCUT2D eigenvalue weighted by Gasteiger charge is 2.06. The van der Waals surface area contributed by atoms with Crippen molar-refractivity contribution in [1.82, 2.24) is 15.2 Å². The van der Waals surface area contributed by atoms with E-state index in [0.29, 0.717) is 11.8 Å². The molecule has 0 aliphatic heterocycles. The maximum absolute atomic E-state index is 11.1. The van der Waals surface area contributed by atoms with Gasteiger partial charge in [0.15, 0.2) is 0 Å². The standard InChI is InChI=1S/C8H13N3O2S/c1-3-4-13-7(12)5-14-8-9-6(2)10-11-8/h3-5H2,1-2H3,(H,9,10,11). The first kappa shape index (κ1) is 11.0. The minimum absolute atomic E-state index is 0.223. The largest absolute Gasteiger partial charge is 0.465 e. The van der Waals surface area contributed by atoms with Gasteiger partial charge in [0, 0.05) is 0 Å². The summed E-state index contributed by atoms with van der Waals surface area (Å²) in [6.45, 7) is 4.25. The van der Waals surface area contributed by atoms with Crippen LogP contribution in [0, 0.1) is 6.92 Å². The molecule has 0 amide bonds. The molecule has 6 heteroatoms. The van der Waals surface area contributed by atoms with Crippen molar-refractivity contribution < 1.29 is 9.53 Å². The molecule has 0 fully saturated rings. The van der Waals surface area contributed by atoms with Crippen molar-refractivity contribution in [3.63, 3.8) is 0 Å². The Morgan fingerprint density at radius 2 is 2.43 bits per heavy atom. The molecule has 0 aliphatic rings. The molecule has 0 aromatic carbocycles. The van der Waals surface area contributed by atoms with E-state index in [9.17, 15) is 4.79 Å². The quantitative estimate of drug-likeness (QED) is 0.589. The molecule has 14 heavy (non-hydrogen) atoms. The van der Waals surface area contributed by atoms with Crippen LogP contribution in [0.4, 0.5) is 0 Å². The van der Waals surface area contributed by atoms with Crippen LogP contribution in [0.1, 0.15) is 19.2 Å². The first-order chi connectivity index (χ1) is 6.72. The van der Waals surface area contributed by atoms with Crippen LogP contribution in [0.2, 0.25) is 0 Å². The Labute approximate surface area is 86.6 Å². The van der Waals surface area contributed by atoms with E-state index >= 15 is 0 Å². The van der Waals surface area contributed by atoms with Gasteiger partial charge in [-0.3, -0.25) is 9.89 Å². The van der Waals surface area contributed by atoms with Crippen molar-refractivity contribution >= 4 is 17.7 Å². The zero-order valence-corrected chi connectivity index (χ0v) is 9.06. The number of nitrogens with zero attached hydrogens (tertiary/aromatic N) is 2. The van der Waals surface area contributed by atoms with Gasteiger partial charge >= 0.3 is 5.97 Å². The van der Waals surface area contributed by atoms with Crippen LogP contribution in [-0.4, -0.2) is 33.5 Å². The summed E-state index contributed by atoms with van der Waals surface area (Å²) in [6, 6.07) is 0. The van der Waals surface area contributed by atoms with Gasteiger partial charge in [-0.2, -0.15) is 0 Å². The van der Waals surface area contributed by atoms with Gasteiger partial charge in [0.05, 0.1) is 12.4 Å². The fraction of sp³-hybridized carbons (Fsp3) is 0.625. The van der Waals surface area contributed by atoms with Crippen molar-refractivity contribution in [3.05, 3.63) is 5.82 Å². The Kier molecular flexibility index (Phi) is 4.45. The molecule has 78 valence electrons. The fourth-order valence-electron chi connectivity index (χ4n) is 0.768. The van der Waals surface area contributed by atoms with E-state index in [1.807, 2.05) is 13.8 Å². The highest BCUT2D eigenvalue weighted by Crippen LogP contribution is 2.11. The predicted molar refractivity (Wildman–Crippen MR) is 53.1 cm³/mol. The van der Waals surface area contributed by atoms with E-state index in [1.165, 1.54) is 11.8 Å². The number of H-pyrrole nitrogens is 1. The van der Waals surface area contributed by atoms with Crippen LogP contribution >= 0.6 is 11.8 Å². The summed E-state index contributed by atoms with van der Waals surface area (Å²) in [4.78, 5) is 15.1. The molecule has 0 spiro atoms. The third-order valence-electron chi connectivity index (χ3n) is 1.36. The third-order valence-corrected chi connectivity index (χ3v) is 2.18. The molecule has 0 atom stereocenters. The highest BCUT2D eigenvalue weighted by atomic mass is 32.2. The Morgan fingerprint density at radius 3 is 3.00 bits per heavy atom. The first-order valence-electron chi connectivity index (χ1n) is 4.39. The Balaban J connectivity index is 2.23. The van der Waals surface area contributed by atoms with Crippen LogP contribution in [0.15, 0.2) is 5.16 Å². The summed E-state index contributed by atoms with van der Waals surface area (Å²) in [5.74, 6) is 0.783. The number of esters is 1.